The third-order valence-electron chi connectivity index (χ3n) is 2.98. The smallest absolute Gasteiger partial charge is 0.317 e. The minimum Gasteiger partial charge on any atom is -0.317 e. The van der Waals surface area contributed by atoms with Gasteiger partial charge in [-0.05, 0) is 6.92 Å². The molecule has 1 unspecified atom stereocenters. The molecule has 0 bridgehead atoms. The van der Waals surface area contributed by atoms with Gasteiger partial charge in [0.15, 0.2) is 0 Å². The van der Waals surface area contributed by atoms with Gasteiger partial charge in [0.05, 0.1) is 6.61 Å². The van der Waals surface area contributed by atoms with E-state index in [2.05, 4.69) is 4.74 Å². The van der Waals surface area contributed by atoms with E-state index in [-0.39, 0.29) is 0 Å². The molecule has 1 saturated heterocycles. The Kier molecular flexibility index (Phi) is 5.25. The molecule has 1 rings (SSSR count). The van der Waals surface area contributed by atoms with Crippen LogP contribution in [0.2, 0.25) is 0 Å². The normalized spacial score (nSPS) is 27.3. The summed E-state index contributed by atoms with van der Waals surface area (Å²) in [6, 6.07) is -28.9. The van der Waals surface area contributed by atoms with Crippen LogP contribution in [-0.4, -0.2) is 59.3 Å². The minimum atomic E-state index is -7.27. The summed E-state index contributed by atoms with van der Waals surface area (Å²) in [5.74, 6) is 0. The Balaban J connectivity index is 3.70. The Labute approximate surface area is 134 Å². The van der Waals surface area contributed by atoms with Crippen molar-refractivity contribution in [3.8, 4) is 0 Å². The molecule has 17 heteroatoms. The first kappa shape index (κ1) is 22.9. The summed E-state index contributed by atoms with van der Waals surface area (Å²) in [4.78, 5) is -7.16. The maximum Gasteiger partial charge on any atom is 0.469 e. The maximum atomic E-state index is 13.5. The predicted octanol–water partition coefficient (Wildman–Crippen LogP) is 4.42. The fraction of sp³-hybridized carbons (Fsp3) is 1.00. The summed E-state index contributed by atoms with van der Waals surface area (Å²) in [6.07, 6.45) is -18.4. The van der Waals surface area contributed by atoms with Gasteiger partial charge in [0.2, 0.25) is 0 Å². The van der Waals surface area contributed by atoms with Crippen molar-refractivity contribution >= 4 is 0 Å². The van der Waals surface area contributed by atoms with Gasteiger partial charge < -0.3 is 4.74 Å². The van der Waals surface area contributed by atoms with Gasteiger partial charge in [-0.3, -0.25) is 0 Å². The fourth-order valence-electron chi connectivity index (χ4n) is 1.93. The van der Waals surface area contributed by atoms with E-state index in [0.717, 1.165) is 0 Å². The Bertz CT molecular complexity index is 503. The molecular weight excluding hydrogens is 418 g/mol. The van der Waals surface area contributed by atoms with Gasteiger partial charge >= 0.3 is 36.6 Å². The van der Waals surface area contributed by atoms with Crippen LogP contribution in [0.4, 0.5) is 61.5 Å². The van der Waals surface area contributed by atoms with Gasteiger partial charge in [0.1, 0.15) is 0 Å². The second-order valence-corrected chi connectivity index (χ2v) is 4.67. The highest BCUT2D eigenvalue weighted by molar-refractivity contribution is 5.05. The lowest BCUT2D eigenvalue weighted by atomic mass is 10.1. The topological polar surface area (TPSA) is 15.7 Å². The standard InChI is InChI=1S/C9H6F14N2O/c1-2-26-4(11,12)3(10)24-5(13,14)7(17,18)25(9(21,22)23)8(19,20)6(24,15)16/h3H,2H2,1H3. The average molecular weight is 424 g/mol. The lowest BCUT2D eigenvalue weighted by molar-refractivity contribution is -0.565. The number of hydrogen-bond acceptors (Lipinski definition) is 3. The molecule has 0 radical (unpaired) electrons. The van der Waals surface area contributed by atoms with Gasteiger partial charge in [-0.1, -0.05) is 4.90 Å². The molecule has 0 saturated carbocycles. The average Bonchev–Trinajstić information content (AvgIpc) is 2.33. The quantitative estimate of drug-likeness (QED) is 0.491. The van der Waals surface area contributed by atoms with Crippen molar-refractivity contribution in [3.63, 3.8) is 0 Å². The molecule has 26 heavy (non-hydrogen) atoms. The van der Waals surface area contributed by atoms with Crippen molar-refractivity contribution in [2.24, 2.45) is 0 Å². The van der Waals surface area contributed by atoms with E-state index in [4.69, 9.17) is 0 Å². The van der Waals surface area contributed by atoms with Gasteiger partial charge in [-0.25, -0.2) is 4.39 Å². The number of alkyl halides is 14. The number of ether oxygens (including phenoxy) is 1. The summed E-state index contributed by atoms with van der Waals surface area (Å²) in [5.41, 5.74) is 0. The Morgan fingerprint density at radius 1 is 0.769 bits per heavy atom. The van der Waals surface area contributed by atoms with E-state index in [1.807, 2.05) is 0 Å². The van der Waals surface area contributed by atoms with Gasteiger partial charge in [0, 0.05) is 0 Å². The first-order chi connectivity index (χ1) is 11.2. The highest BCUT2D eigenvalue weighted by Gasteiger charge is 2.91. The molecule has 1 heterocycles. The van der Waals surface area contributed by atoms with E-state index in [9.17, 15) is 61.5 Å². The zero-order valence-corrected chi connectivity index (χ0v) is 11.9. The van der Waals surface area contributed by atoms with Gasteiger partial charge in [-0.15, -0.1) is 4.90 Å². The molecule has 0 aliphatic carbocycles. The third-order valence-corrected chi connectivity index (χ3v) is 2.98. The van der Waals surface area contributed by atoms with Gasteiger partial charge in [0.25, 0.3) is 6.30 Å². The van der Waals surface area contributed by atoms with Crippen molar-refractivity contribution in [2.45, 2.75) is 49.8 Å². The minimum absolute atomic E-state index is 0.627. The molecule has 0 N–H and O–H groups in total. The van der Waals surface area contributed by atoms with Crippen LogP contribution >= 0.6 is 0 Å². The second kappa shape index (κ2) is 5.95. The lowest BCUT2D eigenvalue weighted by Crippen LogP contribution is -2.84. The maximum absolute atomic E-state index is 13.5. The zero-order chi connectivity index (χ0) is 21.1. The first-order valence-corrected chi connectivity index (χ1v) is 6.04. The van der Waals surface area contributed by atoms with Crippen LogP contribution in [0, 0.1) is 0 Å². The fourth-order valence-corrected chi connectivity index (χ4v) is 1.93. The molecule has 0 aromatic heterocycles. The van der Waals surface area contributed by atoms with Crippen LogP contribution in [0.1, 0.15) is 6.92 Å². The summed E-state index contributed by atoms with van der Waals surface area (Å²) in [5, 5.41) is 0. The van der Waals surface area contributed by atoms with Crippen molar-refractivity contribution in [2.75, 3.05) is 6.61 Å². The molecule has 0 spiro atoms. The van der Waals surface area contributed by atoms with E-state index >= 15 is 0 Å². The number of halogens is 14. The predicted molar refractivity (Wildman–Crippen MR) is 51.0 cm³/mol. The Morgan fingerprint density at radius 3 is 1.38 bits per heavy atom. The molecule has 0 aromatic carbocycles. The lowest BCUT2D eigenvalue weighted by Gasteiger charge is -2.53. The largest absolute Gasteiger partial charge is 0.469 e. The number of piperazine rings is 1. The van der Waals surface area contributed by atoms with Crippen molar-refractivity contribution in [3.05, 3.63) is 0 Å². The molecule has 1 fully saturated rings. The molecule has 1 aliphatic heterocycles. The SMILES string of the molecule is CCOC(F)(F)C(F)N1C(F)(F)C(F)(F)N(C(F)(F)F)C(F)(F)C1(F)F. The molecule has 0 aromatic rings. The van der Waals surface area contributed by atoms with E-state index in [0.29, 0.717) is 6.92 Å². The summed E-state index contributed by atoms with van der Waals surface area (Å²) < 4.78 is 187. The van der Waals surface area contributed by atoms with Crippen molar-refractivity contribution in [1.29, 1.82) is 0 Å². The summed E-state index contributed by atoms with van der Waals surface area (Å²) >= 11 is 0. The molecule has 0 amide bonds. The number of hydrogen-bond donors (Lipinski definition) is 0. The van der Waals surface area contributed by atoms with Crippen LogP contribution in [0.25, 0.3) is 0 Å². The van der Waals surface area contributed by atoms with E-state index in [1.54, 1.807) is 0 Å². The highest BCUT2D eigenvalue weighted by atomic mass is 19.4. The van der Waals surface area contributed by atoms with Crippen molar-refractivity contribution < 1.29 is 66.2 Å². The van der Waals surface area contributed by atoms with Crippen LogP contribution in [0.15, 0.2) is 0 Å². The molecule has 3 nitrogen and oxygen atoms in total. The van der Waals surface area contributed by atoms with Crippen LogP contribution in [0.3, 0.4) is 0 Å². The molecular formula is C9H6F14N2O. The van der Waals surface area contributed by atoms with Crippen LogP contribution < -0.4 is 0 Å². The summed E-state index contributed by atoms with van der Waals surface area (Å²) in [6.45, 7) is -0.665. The number of nitrogens with zero attached hydrogens (tertiary/aromatic N) is 2. The van der Waals surface area contributed by atoms with Crippen molar-refractivity contribution in [1.82, 2.24) is 9.80 Å². The van der Waals surface area contributed by atoms with E-state index in [1.165, 1.54) is 0 Å². The zero-order valence-electron chi connectivity index (χ0n) is 11.9. The van der Waals surface area contributed by atoms with Crippen LogP contribution in [-0.2, 0) is 4.74 Å². The first-order valence-electron chi connectivity index (χ1n) is 6.04. The highest BCUT2D eigenvalue weighted by Crippen LogP contribution is 2.61. The van der Waals surface area contributed by atoms with Gasteiger partial charge in [-0.2, -0.15) is 57.1 Å². The Hall–Kier alpha value is -1.10. The third kappa shape index (κ3) is 2.96. The van der Waals surface area contributed by atoms with E-state index < -0.39 is 59.3 Å². The molecule has 1 aliphatic rings. The molecule has 1 atom stereocenters. The Morgan fingerprint density at radius 2 is 1.12 bits per heavy atom. The van der Waals surface area contributed by atoms with Crippen LogP contribution in [0.5, 0.6) is 0 Å². The number of rotatable bonds is 4. The second-order valence-electron chi connectivity index (χ2n) is 4.67. The summed E-state index contributed by atoms with van der Waals surface area (Å²) in [7, 11) is 0. The monoisotopic (exact) mass is 424 g/mol. The molecule has 156 valence electrons.